The van der Waals surface area contributed by atoms with E-state index in [1.54, 1.807) is 23.7 Å². The van der Waals surface area contributed by atoms with Gasteiger partial charge in [0, 0.05) is 44.1 Å². The molecule has 36 heavy (non-hydrogen) atoms. The maximum Gasteiger partial charge on any atom is 0.277 e. The lowest BCUT2D eigenvalue weighted by Gasteiger charge is -2.29. The Labute approximate surface area is 212 Å². The van der Waals surface area contributed by atoms with Crippen LogP contribution in [-0.4, -0.2) is 65.2 Å². The summed E-state index contributed by atoms with van der Waals surface area (Å²) in [7, 11) is 0. The van der Waals surface area contributed by atoms with E-state index in [1.807, 2.05) is 19.1 Å². The Kier molecular flexibility index (Phi) is 6.24. The molecule has 0 aliphatic carbocycles. The Morgan fingerprint density at radius 2 is 1.89 bits per heavy atom. The second-order valence-electron chi connectivity index (χ2n) is 9.01. The first-order chi connectivity index (χ1) is 17.7. The molecule has 0 radical (unpaired) electrons. The smallest absolute Gasteiger partial charge is 0.277 e. The fourth-order valence-electron chi connectivity index (χ4n) is 4.57. The van der Waals surface area contributed by atoms with E-state index in [2.05, 4.69) is 25.1 Å². The molecule has 186 valence electrons. The van der Waals surface area contributed by atoms with Gasteiger partial charge in [-0.15, -0.1) is 0 Å². The molecule has 0 saturated carbocycles. The molecule has 0 unspecified atom stereocenters. The van der Waals surface area contributed by atoms with E-state index in [0.717, 1.165) is 65.8 Å². The molecule has 6 heterocycles. The van der Waals surface area contributed by atoms with Crippen LogP contribution < -0.4 is 15.1 Å². The minimum absolute atomic E-state index is 0.212. The average Bonchev–Trinajstić information content (AvgIpc) is 3.57. The fraction of sp³-hybridized carbons (Fsp3) is 0.400. The number of ether oxygens (including phenoxy) is 1. The molecular formula is C25H27N7O3S. The molecule has 4 aromatic rings. The van der Waals surface area contributed by atoms with Gasteiger partial charge in [-0.25, -0.2) is 9.97 Å². The highest BCUT2D eigenvalue weighted by Gasteiger charge is 2.23. The van der Waals surface area contributed by atoms with Crippen LogP contribution in [-0.2, 0) is 4.74 Å². The van der Waals surface area contributed by atoms with Crippen LogP contribution in [0.4, 0.5) is 16.6 Å². The number of morpholine rings is 1. The maximum absolute atomic E-state index is 13.2. The van der Waals surface area contributed by atoms with Gasteiger partial charge in [0.15, 0.2) is 22.3 Å². The zero-order chi connectivity index (χ0) is 24.5. The topological polar surface area (TPSA) is 110 Å². The summed E-state index contributed by atoms with van der Waals surface area (Å²) in [5, 5.41) is 3.98. The van der Waals surface area contributed by atoms with Crippen LogP contribution in [0.3, 0.4) is 0 Å². The number of nitrogens with one attached hydrogen (secondary N) is 1. The summed E-state index contributed by atoms with van der Waals surface area (Å²) in [6.07, 6.45) is 8.21. The average molecular weight is 506 g/mol. The minimum atomic E-state index is -0.339. The first kappa shape index (κ1) is 22.9. The molecule has 1 amide bonds. The van der Waals surface area contributed by atoms with E-state index < -0.39 is 0 Å². The number of rotatable bonds is 5. The maximum atomic E-state index is 13.2. The molecular weight excluding hydrogens is 478 g/mol. The predicted molar refractivity (Wildman–Crippen MR) is 139 cm³/mol. The van der Waals surface area contributed by atoms with Gasteiger partial charge in [0.25, 0.3) is 5.91 Å². The number of anilines is 3. The van der Waals surface area contributed by atoms with E-state index in [9.17, 15) is 4.79 Å². The van der Waals surface area contributed by atoms with Crippen molar-refractivity contribution in [2.45, 2.75) is 26.2 Å². The number of thiazole rings is 1. The lowest BCUT2D eigenvalue weighted by atomic mass is 10.1. The van der Waals surface area contributed by atoms with E-state index >= 15 is 0 Å². The highest BCUT2D eigenvalue weighted by Crippen LogP contribution is 2.35. The molecule has 2 fully saturated rings. The van der Waals surface area contributed by atoms with Crippen molar-refractivity contribution in [3.05, 3.63) is 42.0 Å². The van der Waals surface area contributed by atoms with Gasteiger partial charge in [0.05, 0.1) is 23.6 Å². The zero-order valence-corrected chi connectivity index (χ0v) is 20.9. The molecule has 0 atom stereocenters. The number of carbonyl (C=O) groups is 1. The van der Waals surface area contributed by atoms with Crippen LogP contribution in [0, 0.1) is 6.92 Å². The van der Waals surface area contributed by atoms with Crippen molar-refractivity contribution in [1.82, 2.24) is 19.9 Å². The highest BCUT2D eigenvalue weighted by atomic mass is 32.1. The van der Waals surface area contributed by atoms with Crippen molar-refractivity contribution in [3.8, 4) is 11.5 Å². The van der Waals surface area contributed by atoms with Gasteiger partial charge in [-0.3, -0.25) is 9.78 Å². The number of nitrogens with zero attached hydrogens (tertiary/aromatic N) is 6. The van der Waals surface area contributed by atoms with E-state index in [-0.39, 0.29) is 11.6 Å². The summed E-state index contributed by atoms with van der Waals surface area (Å²) >= 11 is 1.59. The first-order valence-electron chi connectivity index (χ1n) is 12.2. The summed E-state index contributed by atoms with van der Waals surface area (Å²) in [6.45, 7) is 6.75. The molecule has 2 aliphatic rings. The van der Waals surface area contributed by atoms with Gasteiger partial charge in [-0.1, -0.05) is 11.3 Å². The van der Waals surface area contributed by atoms with E-state index in [1.165, 1.54) is 12.7 Å². The van der Waals surface area contributed by atoms with Gasteiger partial charge in [0.2, 0.25) is 5.89 Å². The van der Waals surface area contributed by atoms with E-state index in [4.69, 9.17) is 19.1 Å². The predicted octanol–water partition coefficient (Wildman–Crippen LogP) is 4.13. The molecule has 2 aliphatic heterocycles. The zero-order valence-electron chi connectivity index (χ0n) is 20.1. The van der Waals surface area contributed by atoms with Gasteiger partial charge >= 0.3 is 0 Å². The monoisotopic (exact) mass is 505 g/mol. The molecule has 1 N–H and O–H groups in total. The van der Waals surface area contributed by atoms with Crippen LogP contribution in [0.2, 0.25) is 0 Å². The second-order valence-corrected chi connectivity index (χ2v) is 10.0. The third-order valence-corrected chi connectivity index (χ3v) is 7.58. The van der Waals surface area contributed by atoms with Gasteiger partial charge in [0.1, 0.15) is 6.26 Å². The number of pyridine rings is 2. The molecule has 2 saturated heterocycles. The van der Waals surface area contributed by atoms with Crippen molar-refractivity contribution in [3.63, 3.8) is 0 Å². The minimum Gasteiger partial charge on any atom is -0.444 e. The standard InChI is InChI=1S/C25H27N7O3S/c1-16-14-26-6-5-17(16)24-28-19(15-35-24)23(33)27-18-13-20-21(29-22(18)31-7-3-2-4-8-31)30-25(36-20)32-9-11-34-12-10-32/h5-6,13-15H,2-4,7-12H2,1H3,(H,27,33). The Hall–Kier alpha value is -3.57. The summed E-state index contributed by atoms with van der Waals surface area (Å²) in [6, 6.07) is 3.81. The summed E-state index contributed by atoms with van der Waals surface area (Å²) in [5.41, 5.74) is 3.31. The third kappa shape index (κ3) is 4.51. The van der Waals surface area contributed by atoms with Gasteiger partial charge < -0.3 is 24.3 Å². The number of hydrogen-bond donors (Lipinski definition) is 1. The number of fused-ring (bicyclic) bond motifs is 1. The Balaban J connectivity index is 1.32. The number of carbonyl (C=O) groups excluding carboxylic acids is 1. The normalized spacial score (nSPS) is 16.5. The van der Waals surface area contributed by atoms with Crippen molar-refractivity contribution >= 4 is 44.2 Å². The van der Waals surface area contributed by atoms with Crippen molar-refractivity contribution in [2.24, 2.45) is 0 Å². The largest absolute Gasteiger partial charge is 0.444 e. The van der Waals surface area contributed by atoms with Crippen LogP contribution in [0.5, 0.6) is 0 Å². The summed E-state index contributed by atoms with van der Waals surface area (Å²) in [5.74, 6) is 0.805. The molecule has 0 aromatic carbocycles. The summed E-state index contributed by atoms with van der Waals surface area (Å²) < 4.78 is 12.0. The Bertz CT molecular complexity index is 1390. The third-order valence-electron chi connectivity index (χ3n) is 6.52. The molecule has 10 nitrogen and oxygen atoms in total. The molecule has 0 bridgehead atoms. The van der Waals surface area contributed by atoms with Crippen molar-refractivity contribution < 1.29 is 13.9 Å². The van der Waals surface area contributed by atoms with E-state index in [0.29, 0.717) is 30.4 Å². The molecule has 4 aromatic heterocycles. The SMILES string of the molecule is Cc1cnccc1-c1nc(C(=O)Nc2cc3sc(N4CCOCC4)nc3nc2N2CCCCC2)co1. The number of aryl methyl sites for hydroxylation is 1. The van der Waals surface area contributed by atoms with Crippen LogP contribution >= 0.6 is 11.3 Å². The number of oxazole rings is 1. The number of piperidine rings is 1. The number of amides is 1. The van der Waals surface area contributed by atoms with Crippen LogP contribution in [0.15, 0.2) is 35.2 Å². The quantitative estimate of drug-likeness (QED) is 0.428. The highest BCUT2D eigenvalue weighted by molar-refractivity contribution is 7.22. The van der Waals surface area contributed by atoms with Crippen LogP contribution in [0.25, 0.3) is 21.8 Å². The number of aromatic nitrogens is 4. The Morgan fingerprint density at radius 1 is 1.06 bits per heavy atom. The van der Waals surface area contributed by atoms with Crippen molar-refractivity contribution in [1.29, 1.82) is 0 Å². The van der Waals surface area contributed by atoms with Crippen LogP contribution in [0.1, 0.15) is 35.3 Å². The second kappa shape index (κ2) is 9.82. The first-order valence-corrected chi connectivity index (χ1v) is 13.0. The fourth-order valence-corrected chi connectivity index (χ4v) is 5.57. The molecule has 11 heteroatoms. The Morgan fingerprint density at radius 3 is 2.69 bits per heavy atom. The van der Waals surface area contributed by atoms with Crippen molar-refractivity contribution in [2.75, 3.05) is 54.5 Å². The summed E-state index contributed by atoms with van der Waals surface area (Å²) in [4.78, 5) is 36.0. The lowest BCUT2D eigenvalue weighted by Crippen LogP contribution is -2.36. The van der Waals surface area contributed by atoms with Gasteiger partial charge in [-0.2, -0.15) is 4.98 Å². The molecule has 6 rings (SSSR count). The lowest BCUT2D eigenvalue weighted by molar-refractivity contribution is 0.102. The van der Waals surface area contributed by atoms with Gasteiger partial charge in [-0.05, 0) is 43.9 Å². The number of hydrogen-bond acceptors (Lipinski definition) is 10. The molecule has 0 spiro atoms.